The van der Waals surface area contributed by atoms with E-state index in [4.69, 9.17) is 0 Å². The van der Waals surface area contributed by atoms with Gasteiger partial charge in [-0.1, -0.05) is 24.6 Å². The minimum atomic E-state index is 0.184. The highest BCUT2D eigenvalue weighted by Crippen LogP contribution is 2.25. The van der Waals surface area contributed by atoms with Crippen molar-refractivity contribution in [3.8, 4) is 0 Å². The number of benzene rings is 2. The van der Waals surface area contributed by atoms with E-state index in [1.54, 1.807) is 6.33 Å². The highest BCUT2D eigenvalue weighted by molar-refractivity contribution is 5.94. The molecule has 1 N–H and O–H groups in total. The predicted molar refractivity (Wildman–Crippen MR) is 124 cm³/mol. The molecule has 2 aliphatic heterocycles. The summed E-state index contributed by atoms with van der Waals surface area (Å²) in [6.07, 6.45) is 8.72. The van der Waals surface area contributed by atoms with E-state index in [0.717, 1.165) is 48.9 Å². The van der Waals surface area contributed by atoms with Gasteiger partial charge in [0.25, 0.3) is 5.91 Å². The van der Waals surface area contributed by atoms with Crippen molar-refractivity contribution < 1.29 is 4.79 Å². The number of hydrogen-bond acceptors (Lipinski definition) is 3. The number of piperidine rings is 1. The molecular formula is C26H32N4O. The van der Waals surface area contributed by atoms with Crippen LogP contribution in [0.25, 0.3) is 11.0 Å². The van der Waals surface area contributed by atoms with Crippen LogP contribution in [0.5, 0.6) is 0 Å². The van der Waals surface area contributed by atoms with Gasteiger partial charge in [0.2, 0.25) is 0 Å². The molecule has 0 spiro atoms. The molecule has 1 amide bonds. The van der Waals surface area contributed by atoms with Gasteiger partial charge in [-0.25, -0.2) is 4.98 Å². The first kappa shape index (κ1) is 20.3. The van der Waals surface area contributed by atoms with Crippen molar-refractivity contribution in [2.24, 2.45) is 0 Å². The van der Waals surface area contributed by atoms with Crippen LogP contribution in [0.2, 0.25) is 0 Å². The molecule has 0 bridgehead atoms. The maximum Gasteiger partial charge on any atom is 0.253 e. The monoisotopic (exact) mass is 416 g/mol. The second kappa shape index (κ2) is 8.83. The molecule has 2 unspecified atom stereocenters. The molecule has 0 radical (unpaired) electrons. The summed E-state index contributed by atoms with van der Waals surface area (Å²) in [4.78, 5) is 25.2. The molecule has 2 fully saturated rings. The average molecular weight is 417 g/mol. The van der Waals surface area contributed by atoms with E-state index in [0.29, 0.717) is 12.1 Å². The number of likely N-dealkylation sites (tertiary alicyclic amines) is 2. The van der Waals surface area contributed by atoms with Gasteiger partial charge in [0, 0.05) is 30.7 Å². The number of imidazole rings is 1. The van der Waals surface area contributed by atoms with Crippen LogP contribution in [0.15, 0.2) is 48.8 Å². The number of amides is 1. The van der Waals surface area contributed by atoms with E-state index < -0.39 is 0 Å². The van der Waals surface area contributed by atoms with Gasteiger partial charge in [-0.3, -0.25) is 9.69 Å². The normalized spacial score (nSPS) is 22.3. The SMILES string of the molecule is CC1CCCCN1C1CCN(C(=O)c2ccc(CCc3ccc4nc[nH]c4c3)cc2)C1. The number of nitrogens with one attached hydrogen (secondary N) is 1. The number of aromatic amines is 1. The largest absolute Gasteiger partial charge is 0.345 e. The molecular weight excluding hydrogens is 384 g/mol. The van der Waals surface area contributed by atoms with Crippen molar-refractivity contribution in [3.63, 3.8) is 0 Å². The first-order valence-corrected chi connectivity index (χ1v) is 11.7. The molecule has 2 aromatic carbocycles. The molecule has 2 aliphatic rings. The number of carbonyl (C=O) groups excluding carboxylic acids is 1. The summed E-state index contributed by atoms with van der Waals surface area (Å²) >= 11 is 0. The summed E-state index contributed by atoms with van der Waals surface area (Å²) in [6, 6.07) is 15.8. The number of H-pyrrole nitrogens is 1. The molecule has 2 saturated heterocycles. The van der Waals surface area contributed by atoms with Crippen LogP contribution in [0.4, 0.5) is 0 Å². The Morgan fingerprint density at radius 3 is 2.68 bits per heavy atom. The van der Waals surface area contributed by atoms with Crippen LogP contribution in [-0.2, 0) is 12.8 Å². The Balaban J connectivity index is 1.17. The molecule has 2 atom stereocenters. The Morgan fingerprint density at radius 1 is 1.03 bits per heavy atom. The number of aryl methyl sites for hydroxylation is 2. The molecule has 5 nitrogen and oxygen atoms in total. The van der Waals surface area contributed by atoms with Gasteiger partial charge in [0.05, 0.1) is 17.4 Å². The van der Waals surface area contributed by atoms with Crippen molar-refractivity contribution in [1.82, 2.24) is 19.8 Å². The lowest BCUT2D eigenvalue weighted by Crippen LogP contribution is -2.46. The van der Waals surface area contributed by atoms with Crippen LogP contribution >= 0.6 is 0 Å². The third-order valence-electron chi connectivity index (χ3n) is 7.16. The fourth-order valence-corrected chi connectivity index (χ4v) is 5.28. The van der Waals surface area contributed by atoms with E-state index in [2.05, 4.69) is 57.0 Å². The summed E-state index contributed by atoms with van der Waals surface area (Å²) in [5.74, 6) is 0.184. The third-order valence-corrected chi connectivity index (χ3v) is 7.16. The molecule has 0 saturated carbocycles. The van der Waals surface area contributed by atoms with Gasteiger partial charge in [-0.15, -0.1) is 0 Å². The minimum absolute atomic E-state index is 0.184. The zero-order chi connectivity index (χ0) is 21.2. The first-order valence-electron chi connectivity index (χ1n) is 11.7. The second-order valence-corrected chi connectivity index (χ2v) is 9.23. The smallest absolute Gasteiger partial charge is 0.253 e. The predicted octanol–water partition coefficient (Wildman–Crippen LogP) is 4.44. The molecule has 3 heterocycles. The summed E-state index contributed by atoms with van der Waals surface area (Å²) in [5.41, 5.74) is 5.47. The standard InChI is InChI=1S/C26H32N4O/c1-19-4-2-3-14-30(19)23-13-15-29(17-23)26(31)22-10-7-20(8-11-22)5-6-21-9-12-24-25(16-21)28-18-27-24/h7-12,16,18-19,23H,2-6,13-15,17H2,1H3,(H,27,28). The Hall–Kier alpha value is -2.66. The van der Waals surface area contributed by atoms with Crippen LogP contribution in [-0.4, -0.2) is 57.4 Å². The lowest BCUT2D eigenvalue weighted by molar-refractivity contribution is 0.0742. The lowest BCUT2D eigenvalue weighted by Gasteiger charge is -2.37. The van der Waals surface area contributed by atoms with Crippen LogP contribution in [0.3, 0.4) is 0 Å². The molecule has 0 aliphatic carbocycles. The fourth-order valence-electron chi connectivity index (χ4n) is 5.28. The summed E-state index contributed by atoms with van der Waals surface area (Å²) < 4.78 is 0. The maximum absolute atomic E-state index is 13.0. The highest BCUT2D eigenvalue weighted by atomic mass is 16.2. The molecule has 3 aromatic rings. The van der Waals surface area contributed by atoms with Crippen molar-refractivity contribution in [2.45, 2.75) is 57.5 Å². The number of rotatable bonds is 5. The Bertz CT molecular complexity index is 1040. The second-order valence-electron chi connectivity index (χ2n) is 9.23. The topological polar surface area (TPSA) is 52.2 Å². The quantitative estimate of drug-likeness (QED) is 0.669. The Morgan fingerprint density at radius 2 is 1.84 bits per heavy atom. The van der Waals surface area contributed by atoms with Gasteiger partial charge >= 0.3 is 0 Å². The number of carbonyl (C=O) groups is 1. The molecule has 162 valence electrons. The number of aromatic nitrogens is 2. The van der Waals surface area contributed by atoms with E-state index >= 15 is 0 Å². The van der Waals surface area contributed by atoms with Crippen molar-refractivity contribution >= 4 is 16.9 Å². The first-order chi connectivity index (χ1) is 15.2. The van der Waals surface area contributed by atoms with Gasteiger partial charge in [0.1, 0.15) is 0 Å². The number of nitrogens with zero attached hydrogens (tertiary/aromatic N) is 3. The average Bonchev–Trinajstić information content (AvgIpc) is 3.47. The van der Waals surface area contributed by atoms with Gasteiger partial charge in [0.15, 0.2) is 0 Å². The maximum atomic E-state index is 13.0. The number of hydrogen-bond donors (Lipinski definition) is 1. The van der Waals surface area contributed by atoms with E-state index in [9.17, 15) is 4.79 Å². The summed E-state index contributed by atoms with van der Waals surface area (Å²) in [7, 11) is 0. The van der Waals surface area contributed by atoms with Crippen molar-refractivity contribution in [3.05, 3.63) is 65.5 Å². The fraction of sp³-hybridized carbons (Fsp3) is 0.462. The zero-order valence-electron chi connectivity index (χ0n) is 18.4. The zero-order valence-corrected chi connectivity index (χ0v) is 18.4. The molecule has 5 rings (SSSR count). The van der Waals surface area contributed by atoms with E-state index in [-0.39, 0.29) is 5.91 Å². The van der Waals surface area contributed by atoms with Crippen LogP contribution in [0, 0.1) is 0 Å². The molecule has 31 heavy (non-hydrogen) atoms. The lowest BCUT2D eigenvalue weighted by atomic mass is 10.0. The minimum Gasteiger partial charge on any atom is -0.345 e. The van der Waals surface area contributed by atoms with Gasteiger partial charge in [-0.2, -0.15) is 0 Å². The molecule has 1 aromatic heterocycles. The van der Waals surface area contributed by atoms with E-state index in [1.165, 1.54) is 36.9 Å². The number of fused-ring (bicyclic) bond motifs is 1. The van der Waals surface area contributed by atoms with Crippen LogP contribution in [0.1, 0.15) is 54.1 Å². The van der Waals surface area contributed by atoms with E-state index in [1.807, 2.05) is 12.1 Å². The molecule has 5 heteroatoms. The Kier molecular flexibility index (Phi) is 5.77. The highest BCUT2D eigenvalue weighted by Gasteiger charge is 2.33. The summed E-state index contributed by atoms with van der Waals surface area (Å²) in [6.45, 7) is 5.29. The summed E-state index contributed by atoms with van der Waals surface area (Å²) in [5, 5.41) is 0. The van der Waals surface area contributed by atoms with Crippen molar-refractivity contribution in [2.75, 3.05) is 19.6 Å². The van der Waals surface area contributed by atoms with Crippen LogP contribution < -0.4 is 0 Å². The van der Waals surface area contributed by atoms with Gasteiger partial charge < -0.3 is 9.88 Å². The Labute approximate surface area is 184 Å². The third kappa shape index (κ3) is 4.38. The van der Waals surface area contributed by atoms with Gasteiger partial charge in [-0.05, 0) is 81.0 Å². The van der Waals surface area contributed by atoms with Crippen molar-refractivity contribution in [1.29, 1.82) is 0 Å².